The van der Waals surface area contributed by atoms with Crippen molar-refractivity contribution in [2.75, 3.05) is 5.32 Å². The number of nitrogens with one attached hydrogen (secondary N) is 2. The van der Waals surface area contributed by atoms with Crippen molar-refractivity contribution < 1.29 is 14.4 Å². The van der Waals surface area contributed by atoms with Crippen LogP contribution in [0.2, 0.25) is 0 Å². The number of nitrogens with zero attached hydrogens (tertiary/aromatic N) is 1. The van der Waals surface area contributed by atoms with Crippen LogP contribution in [0.5, 0.6) is 0 Å². The molecule has 132 valence electrons. The smallest absolute Gasteiger partial charge is 0.250 e. The van der Waals surface area contributed by atoms with E-state index in [1.54, 1.807) is 0 Å². The Morgan fingerprint density at radius 2 is 2.00 bits per heavy atom. The molecular weight excluding hydrogens is 386 g/mol. The number of imide groups is 1. The van der Waals surface area contributed by atoms with Gasteiger partial charge in [0.05, 0.1) is 11.8 Å². The summed E-state index contributed by atoms with van der Waals surface area (Å²) < 4.78 is 0.829. The highest BCUT2D eigenvalue weighted by molar-refractivity contribution is 9.10. The molecular formula is C18H20BrN3O3. The number of rotatable bonds is 2. The molecule has 1 aromatic rings. The van der Waals surface area contributed by atoms with Crippen molar-refractivity contribution in [3.8, 4) is 0 Å². The third-order valence-electron chi connectivity index (χ3n) is 5.89. The maximum Gasteiger partial charge on any atom is 0.250 e. The van der Waals surface area contributed by atoms with E-state index in [0.29, 0.717) is 12.1 Å². The van der Waals surface area contributed by atoms with Gasteiger partial charge in [-0.25, -0.2) is 0 Å². The number of carbonyl (C=O) groups excluding carboxylic acids is 3. The zero-order valence-corrected chi connectivity index (χ0v) is 15.9. The molecule has 0 unspecified atom stereocenters. The Kier molecular flexibility index (Phi) is 3.60. The molecule has 3 aliphatic rings. The topological polar surface area (TPSA) is 78.5 Å². The SMILES string of the molecule is CC[C@H](C)N1C(=O)[C@@H]2[C@H](C)N[C@@]3(C(=O)Nc4ccc(Br)cc43)[C@@H]2C1=O. The number of hydrogen-bond donors (Lipinski definition) is 2. The van der Waals surface area contributed by atoms with Gasteiger partial charge in [0.1, 0.15) is 5.54 Å². The molecule has 1 spiro atoms. The van der Waals surface area contributed by atoms with E-state index in [1.807, 2.05) is 39.0 Å². The molecule has 25 heavy (non-hydrogen) atoms. The number of amides is 3. The number of fused-ring (bicyclic) bond motifs is 4. The molecule has 0 aliphatic carbocycles. The number of halogens is 1. The van der Waals surface area contributed by atoms with Crippen molar-refractivity contribution in [1.82, 2.24) is 10.2 Å². The molecule has 0 radical (unpaired) electrons. The van der Waals surface area contributed by atoms with Crippen LogP contribution < -0.4 is 10.6 Å². The monoisotopic (exact) mass is 405 g/mol. The molecule has 7 heteroatoms. The summed E-state index contributed by atoms with van der Waals surface area (Å²) in [6.45, 7) is 5.70. The van der Waals surface area contributed by atoms with Crippen LogP contribution in [0.4, 0.5) is 5.69 Å². The largest absolute Gasteiger partial charge is 0.324 e. The lowest BCUT2D eigenvalue weighted by molar-refractivity contribution is -0.145. The Morgan fingerprint density at radius 3 is 2.68 bits per heavy atom. The van der Waals surface area contributed by atoms with Crippen LogP contribution in [0.3, 0.4) is 0 Å². The summed E-state index contributed by atoms with van der Waals surface area (Å²) in [5, 5.41) is 6.18. The molecule has 2 saturated heterocycles. The Labute approximate surface area is 154 Å². The Morgan fingerprint density at radius 1 is 1.28 bits per heavy atom. The minimum atomic E-state index is -1.18. The second kappa shape index (κ2) is 5.38. The van der Waals surface area contributed by atoms with E-state index in [2.05, 4.69) is 26.6 Å². The van der Waals surface area contributed by atoms with Gasteiger partial charge in [0.2, 0.25) is 17.7 Å². The van der Waals surface area contributed by atoms with Gasteiger partial charge in [0.15, 0.2) is 0 Å². The maximum absolute atomic E-state index is 13.2. The highest BCUT2D eigenvalue weighted by Crippen LogP contribution is 2.53. The Hall–Kier alpha value is -1.73. The first-order chi connectivity index (χ1) is 11.8. The predicted molar refractivity (Wildman–Crippen MR) is 95.6 cm³/mol. The number of likely N-dealkylation sites (tertiary alicyclic amines) is 1. The highest BCUT2D eigenvalue weighted by atomic mass is 79.9. The van der Waals surface area contributed by atoms with E-state index in [-0.39, 0.29) is 29.8 Å². The zero-order valence-electron chi connectivity index (χ0n) is 14.3. The van der Waals surface area contributed by atoms with Gasteiger partial charge in [0, 0.05) is 27.8 Å². The first-order valence-electron chi connectivity index (χ1n) is 8.59. The molecule has 2 fully saturated rings. The number of carbonyl (C=O) groups is 3. The predicted octanol–water partition coefficient (Wildman–Crippen LogP) is 1.99. The third kappa shape index (κ3) is 1.96. The molecule has 0 saturated carbocycles. The van der Waals surface area contributed by atoms with Crippen molar-refractivity contribution in [3.63, 3.8) is 0 Å². The van der Waals surface area contributed by atoms with E-state index in [9.17, 15) is 14.4 Å². The first-order valence-corrected chi connectivity index (χ1v) is 9.38. The fraction of sp³-hybridized carbons (Fsp3) is 0.500. The molecule has 3 heterocycles. The van der Waals surface area contributed by atoms with Crippen molar-refractivity contribution in [3.05, 3.63) is 28.2 Å². The summed E-state index contributed by atoms with van der Waals surface area (Å²) in [5.41, 5.74) is 0.243. The van der Waals surface area contributed by atoms with Gasteiger partial charge >= 0.3 is 0 Å². The quantitative estimate of drug-likeness (QED) is 0.737. The summed E-state index contributed by atoms with van der Waals surface area (Å²) in [6, 6.07) is 5.10. The lowest BCUT2D eigenvalue weighted by Crippen LogP contribution is -2.53. The van der Waals surface area contributed by atoms with E-state index in [1.165, 1.54) is 4.90 Å². The molecule has 3 aliphatic heterocycles. The van der Waals surface area contributed by atoms with E-state index in [4.69, 9.17) is 0 Å². The number of anilines is 1. The molecule has 1 aromatic carbocycles. The van der Waals surface area contributed by atoms with Crippen LogP contribution in [0.1, 0.15) is 32.8 Å². The van der Waals surface area contributed by atoms with E-state index >= 15 is 0 Å². The number of hydrogen-bond acceptors (Lipinski definition) is 4. The summed E-state index contributed by atoms with van der Waals surface area (Å²) in [4.78, 5) is 40.5. The average molecular weight is 406 g/mol. The first kappa shape index (κ1) is 16.7. The second-order valence-electron chi connectivity index (χ2n) is 7.19. The molecule has 2 N–H and O–H groups in total. The van der Waals surface area contributed by atoms with Crippen LogP contribution in [-0.4, -0.2) is 34.7 Å². The average Bonchev–Trinajstić information content (AvgIpc) is 3.12. The van der Waals surface area contributed by atoms with Crippen molar-refractivity contribution in [2.45, 2.75) is 44.8 Å². The van der Waals surface area contributed by atoms with Crippen LogP contribution in [0, 0.1) is 11.8 Å². The van der Waals surface area contributed by atoms with Crippen molar-refractivity contribution in [1.29, 1.82) is 0 Å². The lowest BCUT2D eigenvalue weighted by Gasteiger charge is -2.30. The molecule has 4 rings (SSSR count). The Balaban J connectivity index is 1.89. The minimum absolute atomic E-state index is 0.165. The Bertz CT molecular complexity index is 811. The van der Waals surface area contributed by atoms with Gasteiger partial charge in [0.25, 0.3) is 0 Å². The third-order valence-corrected chi connectivity index (χ3v) is 6.38. The van der Waals surface area contributed by atoms with Crippen molar-refractivity contribution >= 4 is 39.3 Å². The zero-order chi connectivity index (χ0) is 18.1. The minimum Gasteiger partial charge on any atom is -0.324 e. The van der Waals surface area contributed by atoms with Crippen molar-refractivity contribution in [2.24, 2.45) is 11.8 Å². The fourth-order valence-electron chi connectivity index (χ4n) is 4.58. The standard InChI is InChI=1S/C18H20BrN3O3/c1-4-8(2)22-15(23)13-9(3)21-18(14(13)16(22)24)11-7-10(19)5-6-12(11)20-17(18)25/h5-9,13-14,21H,4H2,1-3H3,(H,20,25)/t8-,9-,13+,14-,18+/m0/s1. The summed E-state index contributed by atoms with van der Waals surface area (Å²) >= 11 is 3.45. The molecule has 3 amide bonds. The summed E-state index contributed by atoms with van der Waals surface area (Å²) in [5.74, 6) is -1.90. The van der Waals surface area contributed by atoms with Crippen LogP contribution in [0.15, 0.2) is 22.7 Å². The fourth-order valence-corrected chi connectivity index (χ4v) is 4.94. The lowest BCUT2D eigenvalue weighted by atomic mass is 9.76. The van der Waals surface area contributed by atoms with Gasteiger partial charge in [-0.05, 0) is 38.5 Å². The molecule has 0 aromatic heterocycles. The molecule has 0 bridgehead atoms. The summed E-state index contributed by atoms with van der Waals surface area (Å²) in [7, 11) is 0. The molecule has 5 atom stereocenters. The van der Waals surface area contributed by atoms with Gasteiger partial charge in [-0.2, -0.15) is 0 Å². The van der Waals surface area contributed by atoms with Crippen LogP contribution in [-0.2, 0) is 19.9 Å². The van der Waals surface area contributed by atoms with E-state index in [0.717, 1.165) is 10.0 Å². The maximum atomic E-state index is 13.2. The molecule has 6 nitrogen and oxygen atoms in total. The number of benzene rings is 1. The van der Waals surface area contributed by atoms with Gasteiger partial charge in [-0.3, -0.25) is 24.6 Å². The van der Waals surface area contributed by atoms with Gasteiger partial charge < -0.3 is 5.32 Å². The van der Waals surface area contributed by atoms with Crippen LogP contribution >= 0.6 is 15.9 Å². The highest BCUT2D eigenvalue weighted by Gasteiger charge is 2.69. The van der Waals surface area contributed by atoms with Gasteiger partial charge in [-0.15, -0.1) is 0 Å². The van der Waals surface area contributed by atoms with Crippen LogP contribution in [0.25, 0.3) is 0 Å². The van der Waals surface area contributed by atoms with Gasteiger partial charge in [-0.1, -0.05) is 22.9 Å². The second-order valence-corrected chi connectivity index (χ2v) is 8.11. The normalized spacial score (nSPS) is 34.5. The summed E-state index contributed by atoms with van der Waals surface area (Å²) in [6.07, 6.45) is 0.695. The van der Waals surface area contributed by atoms with E-state index < -0.39 is 17.4 Å².